The highest BCUT2D eigenvalue weighted by atomic mass is 79.9. The van der Waals surface area contributed by atoms with Gasteiger partial charge < -0.3 is 15.2 Å². The molecular weight excluding hydrogens is 262 g/mol. The van der Waals surface area contributed by atoms with Crippen LogP contribution in [0.15, 0.2) is 22.7 Å². The zero-order chi connectivity index (χ0) is 10.8. The van der Waals surface area contributed by atoms with Gasteiger partial charge in [0.2, 0.25) is 0 Å². The van der Waals surface area contributed by atoms with Gasteiger partial charge in [-0.05, 0) is 18.2 Å². The van der Waals surface area contributed by atoms with Crippen LogP contribution in [0.2, 0.25) is 0 Å². The second-order valence-electron chi connectivity index (χ2n) is 3.36. The van der Waals surface area contributed by atoms with Crippen LogP contribution >= 0.6 is 15.9 Å². The Balaban J connectivity index is 2.13. The molecule has 80 valence electrons. The highest BCUT2D eigenvalue weighted by Gasteiger charge is 2.21. The van der Waals surface area contributed by atoms with Gasteiger partial charge in [-0.2, -0.15) is 0 Å². The lowest BCUT2D eigenvalue weighted by atomic mass is 10.2. The topological polar surface area (TPSA) is 58.6 Å². The molecule has 1 unspecified atom stereocenters. The molecule has 0 amide bonds. The number of hydrogen-bond donors (Lipinski definition) is 2. The molecule has 15 heavy (non-hydrogen) atoms. The van der Waals surface area contributed by atoms with Crippen molar-refractivity contribution in [2.45, 2.75) is 12.5 Å². The maximum absolute atomic E-state index is 10.5. The number of aliphatic carboxylic acids is 1. The van der Waals surface area contributed by atoms with E-state index in [1.165, 1.54) is 0 Å². The van der Waals surface area contributed by atoms with Crippen molar-refractivity contribution < 1.29 is 14.6 Å². The molecule has 0 saturated heterocycles. The maximum Gasteiger partial charge on any atom is 0.307 e. The minimum Gasteiger partial charge on any atom is -0.486 e. The van der Waals surface area contributed by atoms with Crippen LogP contribution < -0.4 is 10.1 Å². The molecule has 2 N–H and O–H groups in total. The summed E-state index contributed by atoms with van der Waals surface area (Å²) >= 11 is 3.36. The van der Waals surface area contributed by atoms with Gasteiger partial charge in [0.05, 0.1) is 18.7 Å². The molecule has 1 aliphatic rings. The summed E-state index contributed by atoms with van der Waals surface area (Å²) in [6.07, 6.45) is -0.279. The van der Waals surface area contributed by atoms with Crippen molar-refractivity contribution in [1.82, 2.24) is 0 Å². The number of halogens is 1. The number of carboxylic acids is 1. The Morgan fingerprint density at radius 3 is 3.20 bits per heavy atom. The minimum absolute atomic E-state index is 0.0164. The Labute approximate surface area is 95.4 Å². The first-order valence-electron chi connectivity index (χ1n) is 4.57. The van der Waals surface area contributed by atoms with Crippen LogP contribution in [0, 0.1) is 0 Å². The molecule has 1 aromatic carbocycles. The number of carbonyl (C=O) groups is 1. The fraction of sp³-hybridized carbons (Fsp3) is 0.300. The molecule has 0 fully saturated rings. The molecule has 0 radical (unpaired) electrons. The molecule has 1 atom stereocenters. The molecule has 0 aromatic heterocycles. The predicted molar refractivity (Wildman–Crippen MR) is 59.3 cm³/mol. The number of anilines is 1. The molecule has 5 heteroatoms. The van der Waals surface area contributed by atoms with Crippen LogP contribution in [0.1, 0.15) is 6.42 Å². The number of ether oxygens (including phenoxy) is 1. The lowest BCUT2D eigenvalue weighted by Crippen LogP contribution is -2.32. The van der Waals surface area contributed by atoms with E-state index in [0.29, 0.717) is 12.3 Å². The van der Waals surface area contributed by atoms with Crippen LogP contribution in [0.3, 0.4) is 0 Å². The van der Waals surface area contributed by atoms with Gasteiger partial charge in [-0.25, -0.2) is 0 Å². The number of rotatable bonds is 2. The number of fused-ring (bicyclic) bond motifs is 1. The second-order valence-corrected chi connectivity index (χ2v) is 4.27. The van der Waals surface area contributed by atoms with E-state index in [1.807, 2.05) is 18.2 Å². The minimum atomic E-state index is -0.845. The third kappa shape index (κ3) is 2.41. The van der Waals surface area contributed by atoms with Gasteiger partial charge in [0.25, 0.3) is 0 Å². The lowest BCUT2D eigenvalue weighted by molar-refractivity contribution is -0.138. The molecule has 4 nitrogen and oxygen atoms in total. The third-order valence-electron chi connectivity index (χ3n) is 2.16. The fourth-order valence-electron chi connectivity index (χ4n) is 1.50. The second kappa shape index (κ2) is 4.10. The summed E-state index contributed by atoms with van der Waals surface area (Å²) in [7, 11) is 0. The van der Waals surface area contributed by atoms with Crippen LogP contribution in [0.25, 0.3) is 0 Å². The van der Waals surface area contributed by atoms with Crippen molar-refractivity contribution in [3.8, 4) is 5.75 Å². The molecular formula is C10H10BrNO3. The summed E-state index contributed by atoms with van der Waals surface area (Å²) in [6.45, 7) is 0.524. The van der Waals surface area contributed by atoms with Crippen molar-refractivity contribution in [3.63, 3.8) is 0 Å². The highest BCUT2D eigenvalue weighted by Crippen LogP contribution is 2.32. The Hall–Kier alpha value is -1.23. The first-order valence-corrected chi connectivity index (χ1v) is 5.36. The summed E-state index contributed by atoms with van der Waals surface area (Å²) < 4.78 is 6.50. The Kier molecular flexibility index (Phi) is 2.81. The summed E-state index contributed by atoms with van der Waals surface area (Å²) in [4.78, 5) is 10.5. The van der Waals surface area contributed by atoms with E-state index < -0.39 is 5.97 Å². The summed E-state index contributed by atoms with van der Waals surface area (Å²) in [6, 6.07) is 5.59. The average molecular weight is 272 g/mol. The number of carboxylic acid groups (broad SMARTS) is 1. The van der Waals surface area contributed by atoms with Crippen molar-refractivity contribution in [2.24, 2.45) is 0 Å². The van der Waals surface area contributed by atoms with Crippen molar-refractivity contribution in [3.05, 3.63) is 22.7 Å². The predicted octanol–water partition coefficient (Wildman–Crippen LogP) is 2.10. The zero-order valence-electron chi connectivity index (χ0n) is 7.87. The van der Waals surface area contributed by atoms with Crippen LogP contribution in [0.5, 0.6) is 5.75 Å². The Bertz CT molecular complexity index is 394. The molecule has 0 saturated carbocycles. The lowest BCUT2D eigenvalue weighted by Gasteiger charge is -2.26. The highest BCUT2D eigenvalue weighted by molar-refractivity contribution is 9.10. The van der Waals surface area contributed by atoms with Gasteiger partial charge in [-0.1, -0.05) is 15.9 Å². The van der Waals surface area contributed by atoms with Crippen molar-refractivity contribution in [2.75, 3.05) is 11.9 Å². The van der Waals surface area contributed by atoms with Gasteiger partial charge in [0.15, 0.2) is 0 Å². The van der Waals surface area contributed by atoms with Crippen LogP contribution in [-0.4, -0.2) is 23.7 Å². The SMILES string of the molecule is O=C(O)CC1CNc2cc(Br)ccc2O1. The molecule has 0 aliphatic carbocycles. The third-order valence-corrected chi connectivity index (χ3v) is 2.65. The number of nitrogens with one attached hydrogen (secondary N) is 1. The Morgan fingerprint density at radius 1 is 1.67 bits per heavy atom. The van der Waals surface area contributed by atoms with E-state index in [9.17, 15) is 4.79 Å². The van der Waals surface area contributed by atoms with E-state index in [4.69, 9.17) is 9.84 Å². The molecule has 0 bridgehead atoms. The molecule has 0 spiro atoms. The summed E-state index contributed by atoms with van der Waals surface area (Å²) in [5.41, 5.74) is 0.894. The molecule has 1 heterocycles. The number of benzene rings is 1. The van der Waals surface area contributed by atoms with E-state index in [-0.39, 0.29) is 12.5 Å². The number of hydrogen-bond acceptors (Lipinski definition) is 3. The van der Waals surface area contributed by atoms with Gasteiger partial charge in [0.1, 0.15) is 11.9 Å². The van der Waals surface area contributed by atoms with E-state index in [1.54, 1.807) is 0 Å². The first kappa shape index (κ1) is 10.3. The van der Waals surface area contributed by atoms with Gasteiger partial charge in [-0.15, -0.1) is 0 Å². The monoisotopic (exact) mass is 271 g/mol. The van der Waals surface area contributed by atoms with Crippen molar-refractivity contribution >= 4 is 27.6 Å². The van der Waals surface area contributed by atoms with E-state index in [0.717, 1.165) is 10.2 Å². The standard InChI is InChI=1S/C10H10BrNO3/c11-6-1-2-9-8(3-6)12-5-7(15-9)4-10(13)14/h1-3,7,12H,4-5H2,(H,13,14). The summed E-state index contributed by atoms with van der Waals surface area (Å²) in [5.74, 6) is -0.141. The van der Waals surface area contributed by atoms with Crippen molar-refractivity contribution in [1.29, 1.82) is 0 Å². The van der Waals surface area contributed by atoms with Crippen LogP contribution in [0.4, 0.5) is 5.69 Å². The maximum atomic E-state index is 10.5. The van der Waals surface area contributed by atoms with Gasteiger partial charge in [-0.3, -0.25) is 4.79 Å². The quantitative estimate of drug-likeness (QED) is 0.865. The largest absolute Gasteiger partial charge is 0.486 e. The van der Waals surface area contributed by atoms with E-state index in [2.05, 4.69) is 21.2 Å². The molecule has 1 aliphatic heterocycles. The van der Waals surface area contributed by atoms with Gasteiger partial charge >= 0.3 is 5.97 Å². The molecule has 2 rings (SSSR count). The summed E-state index contributed by atoms with van der Waals surface area (Å²) in [5, 5.41) is 11.8. The Morgan fingerprint density at radius 2 is 2.47 bits per heavy atom. The van der Waals surface area contributed by atoms with Crippen LogP contribution in [-0.2, 0) is 4.79 Å². The fourth-order valence-corrected chi connectivity index (χ4v) is 1.86. The van der Waals surface area contributed by atoms with Gasteiger partial charge in [0, 0.05) is 4.47 Å². The molecule has 1 aromatic rings. The smallest absolute Gasteiger partial charge is 0.307 e. The van der Waals surface area contributed by atoms with E-state index >= 15 is 0 Å². The first-order chi connectivity index (χ1) is 7.15. The normalized spacial score (nSPS) is 18.6. The average Bonchev–Trinajstić information content (AvgIpc) is 2.17. The zero-order valence-corrected chi connectivity index (χ0v) is 9.45.